The minimum Gasteiger partial charge on any atom is -0.508 e. The Morgan fingerprint density at radius 3 is 2.32 bits per heavy atom. The molecular weight excluding hydrogens is 312 g/mol. The van der Waals surface area contributed by atoms with Gasteiger partial charge in [-0.3, -0.25) is 0 Å². The third kappa shape index (κ3) is 4.66. The molecule has 0 saturated carbocycles. The highest BCUT2D eigenvalue weighted by molar-refractivity contribution is 5.80. The summed E-state index contributed by atoms with van der Waals surface area (Å²) in [6, 6.07) is 17.8. The molecule has 25 heavy (non-hydrogen) atoms. The molecule has 3 rings (SSSR count). The normalized spacial score (nSPS) is 15.3. The molecule has 1 saturated heterocycles. The van der Waals surface area contributed by atoms with E-state index in [4.69, 9.17) is 4.99 Å². The molecule has 0 amide bonds. The molecule has 2 aromatic carbocycles. The second-order valence-corrected chi connectivity index (χ2v) is 6.15. The van der Waals surface area contributed by atoms with Crippen molar-refractivity contribution in [2.75, 3.05) is 37.6 Å². The average Bonchev–Trinajstić information content (AvgIpc) is 2.67. The van der Waals surface area contributed by atoms with E-state index in [1.807, 2.05) is 12.1 Å². The van der Waals surface area contributed by atoms with E-state index in [1.54, 1.807) is 12.1 Å². The first kappa shape index (κ1) is 17.1. The predicted octanol–water partition coefficient (Wildman–Crippen LogP) is 2.68. The summed E-state index contributed by atoms with van der Waals surface area (Å²) in [7, 11) is 0. The first-order chi connectivity index (χ1) is 12.3. The molecule has 0 spiro atoms. The van der Waals surface area contributed by atoms with Crippen molar-refractivity contribution >= 4 is 11.6 Å². The van der Waals surface area contributed by atoms with Crippen LogP contribution in [0.4, 0.5) is 5.69 Å². The Balaban J connectivity index is 1.61. The number of rotatable bonds is 4. The van der Waals surface area contributed by atoms with Crippen LogP contribution in [0.3, 0.4) is 0 Å². The van der Waals surface area contributed by atoms with Crippen molar-refractivity contribution in [3.05, 3.63) is 60.2 Å². The van der Waals surface area contributed by atoms with Gasteiger partial charge in [-0.15, -0.1) is 0 Å². The maximum Gasteiger partial charge on any atom is 0.194 e. The fourth-order valence-corrected chi connectivity index (χ4v) is 3.01. The first-order valence-corrected chi connectivity index (χ1v) is 8.87. The number of aromatic hydroxyl groups is 1. The molecule has 1 aliphatic heterocycles. The summed E-state index contributed by atoms with van der Waals surface area (Å²) in [6.07, 6.45) is 0. The summed E-state index contributed by atoms with van der Waals surface area (Å²) in [6.45, 7) is 7.46. The maximum atomic E-state index is 9.38. The van der Waals surface area contributed by atoms with Crippen LogP contribution in [0.25, 0.3) is 0 Å². The highest BCUT2D eigenvalue weighted by Gasteiger charge is 2.19. The molecule has 0 radical (unpaired) electrons. The van der Waals surface area contributed by atoms with Gasteiger partial charge >= 0.3 is 0 Å². The molecule has 5 heteroatoms. The molecule has 0 unspecified atom stereocenters. The number of aliphatic imine (C=N–C) groups is 1. The summed E-state index contributed by atoms with van der Waals surface area (Å²) in [5.41, 5.74) is 2.38. The third-order valence-electron chi connectivity index (χ3n) is 4.38. The van der Waals surface area contributed by atoms with E-state index in [0.29, 0.717) is 6.54 Å². The lowest BCUT2D eigenvalue weighted by atomic mass is 10.2. The van der Waals surface area contributed by atoms with Crippen molar-refractivity contribution in [3.63, 3.8) is 0 Å². The molecule has 1 fully saturated rings. The highest BCUT2D eigenvalue weighted by Crippen LogP contribution is 2.16. The quantitative estimate of drug-likeness (QED) is 0.665. The Kier molecular flexibility index (Phi) is 5.77. The standard InChI is InChI=1S/C20H26N4O/c1-2-21-20(22-16-17-8-10-19(25)11-9-17)24-14-12-23(13-15-24)18-6-4-3-5-7-18/h3-11,25H,2,12-16H2,1H3,(H,21,22). The number of hydrogen-bond donors (Lipinski definition) is 2. The third-order valence-corrected chi connectivity index (χ3v) is 4.38. The minimum atomic E-state index is 0.289. The van der Waals surface area contributed by atoms with E-state index in [9.17, 15) is 5.11 Å². The number of hydrogen-bond acceptors (Lipinski definition) is 3. The van der Waals surface area contributed by atoms with E-state index in [-0.39, 0.29) is 5.75 Å². The largest absolute Gasteiger partial charge is 0.508 e. The molecule has 132 valence electrons. The van der Waals surface area contributed by atoms with Gasteiger partial charge in [0.15, 0.2) is 5.96 Å². The first-order valence-electron chi connectivity index (χ1n) is 8.87. The Hall–Kier alpha value is -2.69. The van der Waals surface area contributed by atoms with Gasteiger partial charge in [-0.2, -0.15) is 0 Å². The van der Waals surface area contributed by atoms with Gasteiger partial charge in [-0.25, -0.2) is 4.99 Å². The molecule has 2 N–H and O–H groups in total. The van der Waals surface area contributed by atoms with Crippen LogP contribution in [0.15, 0.2) is 59.6 Å². The molecule has 0 aromatic heterocycles. The van der Waals surface area contributed by atoms with Crippen molar-refractivity contribution in [2.24, 2.45) is 4.99 Å². The monoisotopic (exact) mass is 338 g/mol. The zero-order valence-electron chi connectivity index (χ0n) is 14.7. The number of guanidine groups is 1. The molecule has 0 atom stereocenters. The number of para-hydroxylation sites is 1. The van der Waals surface area contributed by atoms with Crippen LogP contribution in [0.2, 0.25) is 0 Å². The lowest BCUT2D eigenvalue weighted by Gasteiger charge is -2.37. The van der Waals surface area contributed by atoms with Crippen molar-refractivity contribution in [1.82, 2.24) is 10.2 Å². The molecule has 1 heterocycles. The Morgan fingerprint density at radius 2 is 1.68 bits per heavy atom. The van der Waals surface area contributed by atoms with E-state index >= 15 is 0 Å². The lowest BCUT2D eigenvalue weighted by Crippen LogP contribution is -2.52. The fraction of sp³-hybridized carbons (Fsp3) is 0.350. The second kappa shape index (κ2) is 8.42. The van der Waals surface area contributed by atoms with E-state index in [0.717, 1.165) is 44.2 Å². The van der Waals surface area contributed by atoms with Gasteiger partial charge in [0.2, 0.25) is 0 Å². The van der Waals surface area contributed by atoms with Gasteiger partial charge < -0.3 is 20.2 Å². The van der Waals surface area contributed by atoms with Gasteiger partial charge in [0, 0.05) is 38.4 Å². The molecular formula is C20H26N4O. The number of phenols is 1. The zero-order valence-corrected chi connectivity index (χ0v) is 14.7. The highest BCUT2D eigenvalue weighted by atomic mass is 16.3. The van der Waals surface area contributed by atoms with Crippen molar-refractivity contribution in [3.8, 4) is 5.75 Å². The van der Waals surface area contributed by atoms with Crippen LogP contribution in [0.5, 0.6) is 5.75 Å². The van der Waals surface area contributed by atoms with E-state index in [2.05, 4.69) is 52.4 Å². The van der Waals surface area contributed by atoms with Gasteiger partial charge in [-0.1, -0.05) is 30.3 Å². The second-order valence-electron chi connectivity index (χ2n) is 6.15. The van der Waals surface area contributed by atoms with Crippen LogP contribution in [-0.2, 0) is 6.54 Å². The Bertz CT molecular complexity index is 677. The number of nitrogens with one attached hydrogen (secondary N) is 1. The van der Waals surface area contributed by atoms with Crippen LogP contribution >= 0.6 is 0 Å². The van der Waals surface area contributed by atoms with Crippen LogP contribution < -0.4 is 10.2 Å². The smallest absolute Gasteiger partial charge is 0.194 e. The zero-order chi connectivity index (χ0) is 17.5. The van der Waals surface area contributed by atoms with Gasteiger partial charge in [-0.05, 0) is 36.8 Å². The average molecular weight is 338 g/mol. The van der Waals surface area contributed by atoms with E-state index in [1.165, 1.54) is 5.69 Å². The molecule has 0 aliphatic carbocycles. The van der Waals surface area contributed by atoms with Crippen molar-refractivity contribution in [2.45, 2.75) is 13.5 Å². The summed E-state index contributed by atoms with van der Waals surface area (Å²) in [4.78, 5) is 9.51. The van der Waals surface area contributed by atoms with Crippen molar-refractivity contribution < 1.29 is 5.11 Å². The summed E-state index contributed by atoms with van der Waals surface area (Å²) >= 11 is 0. The van der Waals surface area contributed by atoms with Crippen LogP contribution in [0, 0.1) is 0 Å². The fourth-order valence-electron chi connectivity index (χ4n) is 3.01. The topological polar surface area (TPSA) is 51.1 Å². The molecule has 0 bridgehead atoms. The molecule has 5 nitrogen and oxygen atoms in total. The number of benzene rings is 2. The van der Waals surface area contributed by atoms with Gasteiger partial charge in [0.1, 0.15) is 5.75 Å². The maximum absolute atomic E-state index is 9.38. The van der Waals surface area contributed by atoms with Crippen LogP contribution in [0.1, 0.15) is 12.5 Å². The predicted molar refractivity (Wildman–Crippen MR) is 103 cm³/mol. The van der Waals surface area contributed by atoms with Gasteiger partial charge in [0.25, 0.3) is 0 Å². The van der Waals surface area contributed by atoms with Gasteiger partial charge in [0.05, 0.1) is 6.54 Å². The number of anilines is 1. The summed E-state index contributed by atoms with van der Waals surface area (Å²) < 4.78 is 0. The SMILES string of the molecule is CCNC(=NCc1ccc(O)cc1)N1CCN(c2ccccc2)CC1. The summed E-state index contributed by atoms with van der Waals surface area (Å²) in [5, 5.41) is 12.8. The van der Waals surface area contributed by atoms with Crippen LogP contribution in [-0.4, -0.2) is 48.7 Å². The lowest BCUT2D eigenvalue weighted by molar-refractivity contribution is 0.372. The summed E-state index contributed by atoms with van der Waals surface area (Å²) in [5.74, 6) is 1.25. The molecule has 2 aromatic rings. The van der Waals surface area contributed by atoms with E-state index < -0.39 is 0 Å². The van der Waals surface area contributed by atoms with Crippen molar-refractivity contribution in [1.29, 1.82) is 0 Å². The number of nitrogens with zero attached hydrogens (tertiary/aromatic N) is 3. The number of phenolic OH excluding ortho intramolecular Hbond substituents is 1. The minimum absolute atomic E-state index is 0.289. The molecule has 1 aliphatic rings. The Morgan fingerprint density at radius 1 is 1.00 bits per heavy atom. The number of piperazine rings is 1. The Labute approximate surface area is 149 Å².